The number of rotatable bonds is 7. The summed E-state index contributed by atoms with van der Waals surface area (Å²) in [4.78, 5) is 22.1. The molecule has 2 rings (SSSR count). The predicted molar refractivity (Wildman–Crippen MR) is 92.1 cm³/mol. The van der Waals surface area contributed by atoms with Crippen LogP contribution >= 0.6 is 0 Å². The van der Waals surface area contributed by atoms with Crippen LogP contribution in [0.4, 0.5) is 5.69 Å². The number of nitro benzene ring substituents is 1. The number of carbonyl (C=O) groups is 1. The minimum absolute atomic E-state index is 0.151. The second-order valence-electron chi connectivity index (χ2n) is 5.09. The summed E-state index contributed by atoms with van der Waals surface area (Å²) in [6.07, 6.45) is 1.30. The molecule has 8 nitrogen and oxygen atoms in total. The second-order valence-corrected chi connectivity index (χ2v) is 5.09. The quantitative estimate of drug-likeness (QED) is 0.472. The lowest BCUT2D eigenvalue weighted by Crippen LogP contribution is -2.24. The first-order chi connectivity index (χ1) is 12.0. The van der Waals surface area contributed by atoms with Gasteiger partial charge in [-0.15, -0.1) is 0 Å². The van der Waals surface area contributed by atoms with Crippen molar-refractivity contribution in [2.75, 3.05) is 13.7 Å². The first-order valence-electron chi connectivity index (χ1n) is 7.33. The van der Waals surface area contributed by atoms with E-state index in [1.54, 1.807) is 12.1 Å². The molecule has 0 aliphatic carbocycles. The maximum atomic E-state index is 11.7. The Morgan fingerprint density at radius 2 is 2.12 bits per heavy atom. The molecule has 0 saturated heterocycles. The summed E-state index contributed by atoms with van der Waals surface area (Å²) in [5.41, 5.74) is 3.59. The van der Waals surface area contributed by atoms with E-state index >= 15 is 0 Å². The van der Waals surface area contributed by atoms with Crippen LogP contribution in [-0.2, 0) is 4.79 Å². The zero-order chi connectivity index (χ0) is 18.2. The summed E-state index contributed by atoms with van der Waals surface area (Å²) in [5.74, 6) is 0.295. The molecule has 0 saturated carbocycles. The van der Waals surface area contributed by atoms with E-state index in [4.69, 9.17) is 9.47 Å². The van der Waals surface area contributed by atoms with Gasteiger partial charge in [0.25, 0.3) is 5.91 Å². The van der Waals surface area contributed by atoms with Gasteiger partial charge in [-0.1, -0.05) is 12.1 Å². The summed E-state index contributed by atoms with van der Waals surface area (Å²) in [6, 6.07) is 11.7. The van der Waals surface area contributed by atoms with Crippen LogP contribution in [0.15, 0.2) is 47.6 Å². The molecule has 0 aliphatic rings. The molecule has 0 atom stereocenters. The summed E-state index contributed by atoms with van der Waals surface area (Å²) in [6.45, 7) is 1.73. The number of benzene rings is 2. The van der Waals surface area contributed by atoms with E-state index in [1.807, 2.05) is 25.1 Å². The number of ether oxygens (including phenoxy) is 2. The Morgan fingerprint density at radius 3 is 2.80 bits per heavy atom. The topological polar surface area (TPSA) is 103 Å². The third-order valence-corrected chi connectivity index (χ3v) is 3.16. The van der Waals surface area contributed by atoms with Crippen LogP contribution in [0.3, 0.4) is 0 Å². The zero-order valence-corrected chi connectivity index (χ0v) is 13.8. The molecule has 0 aliphatic heterocycles. The van der Waals surface area contributed by atoms with Crippen molar-refractivity contribution in [2.24, 2.45) is 5.10 Å². The minimum atomic E-state index is -0.551. The molecule has 0 unspecified atom stereocenters. The van der Waals surface area contributed by atoms with E-state index in [0.29, 0.717) is 11.3 Å². The Bertz CT molecular complexity index is 805. The van der Waals surface area contributed by atoms with Crippen molar-refractivity contribution in [3.05, 3.63) is 63.7 Å². The number of aryl methyl sites for hydroxylation is 1. The van der Waals surface area contributed by atoms with Crippen LogP contribution in [0, 0.1) is 17.0 Å². The predicted octanol–water partition coefficient (Wildman–Crippen LogP) is 2.44. The Balaban J connectivity index is 1.91. The van der Waals surface area contributed by atoms with E-state index < -0.39 is 10.8 Å². The minimum Gasteiger partial charge on any atom is -0.490 e. The molecule has 0 aromatic heterocycles. The fraction of sp³-hybridized carbons (Fsp3) is 0.176. The van der Waals surface area contributed by atoms with Crippen LogP contribution in [-0.4, -0.2) is 30.8 Å². The largest absolute Gasteiger partial charge is 0.490 e. The highest BCUT2D eigenvalue weighted by molar-refractivity contribution is 5.84. The summed E-state index contributed by atoms with van der Waals surface area (Å²) in [5, 5.41) is 14.7. The molecule has 0 fully saturated rings. The average molecular weight is 343 g/mol. The van der Waals surface area contributed by atoms with Gasteiger partial charge in [-0.25, -0.2) is 5.43 Å². The lowest BCUT2D eigenvalue weighted by molar-refractivity contribution is -0.385. The Kier molecular flexibility index (Phi) is 6.05. The van der Waals surface area contributed by atoms with Gasteiger partial charge in [-0.2, -0.15) is 5.10 Å². The molecular formula is C17H17N3O5. The number of hydrogen-bond acceptors (Lipinski definition) is 6. The second kappa shape index (κ2) is 8.44. The number of nitro groups is 1. The molecule has 0 radical (unpaired) electrons. The van der Waals surface area contributed by atoms with Gasteiger partial charge in [0.1, 0.15) is 5.75 Å². The lowest BCUT2D eigenvalue weighted by Gasteiger charge is -2.05. The molecule has 0 bridgehead atoms. The Morgan fingerprint density at radius 1 is 1.32 bits per heavy atom. The highest BCUT2D eigenvalue weighted by atomic mass is 16.6. The third-order valence-electron chi connectivity index (χ3n) is 3.16. The van der Waals surface area contributed by atoms with Crippen molar-refractivity contribution < 1.29 is 19.2 Å². The number of hydrogen-bond donors (Lipinski definition) is 1. The van der Waals surface area contributed by atoms with Crippen LogP contribution < -0.4 is 14.9 Å². The van der Waals surface area contributed by atoms with E-state index in [9.17, 15) is 14.9 Å². The van der Waals surface area contributed by atoms with Gasteiger partial charge in [0.15, 0.2) is 12.4 Å². The van der Waals surface area contributed by atoms with Gasteiger partial charge >= 0.3 is 5.69 Å². The van der Waals surface area contributed by atoms with Crippen molar-refractivity contribution >= 4 is 17.8 Å². The smallest absolute Gasteiger partial charge is 0.311 e. The molecule has 2 aromatic carbocycles. The van der Waals surface area contributed by atoms with E-state index in [-0.39, 0.29) is 18.0 Å². The molecule has 0 heterocycles. The van der Waals surface area contributed by atoms with Crippen molar-refractivity contribution in [2.45, 2.75) is 6.92 Å². The lowest BCUT2D eigenvalue weighted by atomic mass is 10.2. The van der Waals surface area contributed by atoms with Crippen LogP contribution in [0.5, 0.6) is 11.5 Å². The van der Waals surface area contributed by atoms with E-state index in [2.05, 4.69) is 10.5 Å². The van der Waals surface area contributed by atoms with Crippen molar-refractivity contribution in [1.82, 2.24) is 5.43 Å². The Hall–Kier alpha value is -3.42. The molecule has 1 amide bonds. The standard InChI is InChI=1S/C17H17N3O5/c1-12-4-3-5-14(8-12)25-11-17(21)19-18-10-13-6-7-16(24-2)15(9-13)20(22)23/h3-10H,11H2,1-2H3,(H,19,21)/b18-10+. The zero-order valence-electron chi connectivity index (χ0n) is 13.8. The summed E-state index contributed by atoms with van der Waals surface area (Å²) in [7, 11) is 1.35. The van der Waals surface area contributed by atoms with Gasteiger partial charge in [0.05, 0.1) is 18.2 Å². The van der Waals surface area contributed by atoms with Gasteiger partial charge < -0.3 is 9.47 Å². The fourth-order valence-corrected chi connectivity index (χ4v) is 2.00. The van der Waals surface area contributed by atoms with Crippen molar-refractivity contribution in [1.29, 1.82) is 0 Å². The third kappa shape index (κ3) is 5.31. The van der Waals surface area contributed by atoms with E-state index in [1.165, 1.54) is 25.5 Å². The number of amides is 1. The number of methoxy groups -OCH3 is 1. The normalized spacial score (nSPS) is 10.5. The average Bonchev–Trinajstić information content (AvgIpc) is 2.60. The molecular weight excluding hydrogens is 326 g/mol. The first-order valence-corrected chi connectivity index (χ1v) is 7.33. The Labute approximate surface area is 144 Å². The van der Waals surface area contributed by atoms with Crippen molar-refractivity contribution in [3.63, 3.8) is 0 Å². The maximum Gasteiger partial charge on any atom is 0.311 e. The van der Waals surface area contributed by atoms with E-state index in [0.717, 1.165) is 5.56 Å². The van der Waals surface area contributed by atoms with Gasteiger partial charge in [0.2, 0.25) is 0 Å². The highest BCUT2D eigenvalue weighted by Crippen LogP contribution is 2.26. The monoisotopic (exact) mass is 343 g/mol. The number of hydrazone groups is 1. The molecule has 130 valence electrons. The number of nitrogens with zero attached hydrogens (tertiary/aromatic N) is 2. The van der Waals surface area contributed by atoms with Gasteiger partial charge in [0, 0.05) is 11.6 Å². The molecule has 8 heteroatoms. The molecule has 0 spiro atoms. The molecule has 2 aromatic rings. The molecule has 1 N–H and O–H groups in total. The van der Waals surface area contributed by atoms with Gasteiger partial charge in [-0.05, 0) is 36.8 Å². The summed E-state index contributed by atoms with van der Waals surface area (Å²) < 4.78 is 10.3. The highest BCUT2D eigenvalue weighted by Gasteiger charge is 2.14. The van der Waals surface area contributed by atoms with Gasteiger partial charge in [-0.3, -0.25) is 14.9 Å². The maximum absolute atomic E-state index is 11.7. The number of nitrogens with one attached hydrogen (secondary N) is 1. The van der Waals surface area contributed by atoms with Crippen LogP contribution in [0.25, 0.3) is 0 Å². The summed E-state index contributed by atoms with van der Waals surface area (Å²) >= 11 is 0. The molecule has 25 heavy (non-hydrogen) atoms. The van der Waals surface area contributed by atoms with Crippen LogP contribution in [0.1, 0.15) is 11.1 Å². The fourth-order valence-electron chi connectivity index (χ4n) is 2.00. The van der Waals surface area contributed by atoms with Crippen molar-refractivity contribution in [3.8, 4) is 11.5 Å². The first kappa shape index (κ1) is 17.9. The SMILES string of the molecule is COc1ccc(/C=N/NC(=O)COc2cccc(C)c2)cc1[N+](=O)[O-]. The van der Waals surface area contributed by atoms with Crippen LogP contribution in [0.2, 0.25) is 0 Å². The number of carbonyl (C=O) groups excluding carboxylic acids is 1.